The van der Waals surface area contributed by atoms with Crippen molar-refractivity contribution >= 4 is 24.2 Å². The highest BCUT2D eigenvalue weighted by Gasteiger charge is 2.58. The first-order chi connectivity index (χ1) is 11.2. The largest absolute Gasteiger partial charge is 0.356 e. The van der Waals surface area contributed by atoms with Crippen LogP contribution in [0.2, 0.25) is 0 Å². The maximum Gasteiger partial charge on any atom is 0.226 e. The van der Waals surface area contributed by atoms with Crippen molar-refractivity contribution in [2.24, 2.45) is 23.2 Å². The molecule has 2 heterocycles. The highest BCUT2D eigenvalue weighted by atomic mass is 35.5. The summed E-state index contributed by atoms with van der Waals surface area (Å²) in [4.78, 5) is 27.2. The lowest BCUT2D eigenvalue weighted by atomic mass is 9.91. The first-order valence-corrected chi connectivity index (χ1v) is 9.45. The van der Waals surface area contributed by atoms with Crippen LogP contribution in [0.25, 0.3) is 0 Å². The molecular weight excluding hydrogens is 326 g/mol. The molecule has 0 bridgehead atoms. The van der Waals surface area contributed by atoms with Crippen molar-refractivity contribution in [1.29, 1.82) is 0 Å². The summed E-state index contributed by atoms with van der Waals surface area (Å²) in [6, 6.07) is 0. The molecule has 6 heteroatoms. The molecule has 136 valence electrons. The summed E-state index contributed by atoms with van der Waals surface area (Å²) in [5, 5.41) is 6.48. The van der Waals surface area contributed by atoms with Gasteiger partial charge in [0.05, 0.1) is 5.92 Å². The average molecular weight is 356 g/mol. The Hall–Kier alpha value is -0.810. The van der Waals surface area contributed by atoms with Crippen LogP contribution in [-0.4, -0.2) is 49.4 Å². The summed E-state index contributed by atoms with van der Waals surface area (Å²) in [6.07, 6.45) is 7.77. The first-order valence-electron chi connectivity index (χ1n) is 9.45. The Labute approximate surface area is 150 Å². The molecule has 4 aliphatic rings. The third-order valence-corrected chi connectivity index (χ3v) is 6.45. The van der Waals surface area contributed by atoms with E-state index >= 15 is 0 Å². The molecule has 0 aromatic carbocycles. The molecule has 2 saturated heterocycles. The van der Waals surface area contributed by atoms with Crippen LogP contribution in [0.4, 0.5) is 0 Å². The second-order valence-corrected chi connectivity index (χ2v) is 8.18. The fraction of sp³-hybridized carbons (Fsp3) is 0.889. The molecule has 24 heavy (non-hydrogen) atoms. The minimum atomic E-state index is 0. The van der Waals surface area contributed by atoms with E-state index in [-0.39, 0.29) is 30.2 Å². The zero-order chi connectivity index (χ0) is 15.9. The van der Waals surface area contributed by atoms with Crippen LogP contribution in [-0.2, 0) is 9.59 Å². The number of nitrogens with one attached hydrogen (secondary N) is 2. The van der Waals surface area contributed by atoms with Crippen molar-refractivity contribution in [1.82, 2.24) is 15.5 Å². The topological polar surface area (TPSA) is 61.4 Å². The zero-order valence-corrected chi connectivity index (χ0v) is 15.2. The second kappa shape index (κ2) is 7.20. The summed E-state index contributed by atoms with van der Waals surface area (Å²) in [7, 11) is 0. The van der Waals surface area contributed by atoms with Gasteiger partial charge >= 0.3 is 0 Å². The highest BCUT2D eigenvalue weighted by molar-refractivity contribution is 5.85. The minimum Gasteiger partial charge on any atom is -0.356 e. The molecule has 2 saturated carbocycles. The molecule has 4 fully saturated rings. The Morgan fingerprint density at radius 2 is 1.92 bits per heavy atom. The minimum absolute atomic E-state index is 0. The molecule has 5 nitrogen and oxygen atoms in total. The summed E-state index contributed by atoms with van der Waals surface area (Å²) in [5.41, 5.74) is 0.295. The third-order valence-electron chi connectivity index (χ3n) is 6.45. The molecule has 0 aromatic rings. The molecule has 2 aliphatic heterocycles. The summed E-state index contributed by atoms with van der Waals surface area (Å²) < 4.78 is 0. The van der Waals surface area contributed by atoms with Gasteiger partial charge in [-0.3, -0.25) is 9.59 Å². The zero-order valence-electron chi connectivity index (χ0n) is 14.4. The molecule has 2 unspecified atom stereocenters. The van der Waals surface area contributed by atoms with Crippen molar-refractivity contribution in [3.63, 3.8) is 0 Å². The van der Waals surface area contributed by atoms with Gasteiger partial charge in [-0.2, -0.15) is 0 Å². The van der Waals surface area contributed by atoms with Gasteiger partial charge in [-0.05, 0) is 69.4 Å². The first kappa shape index (κ1) is 18.0. The van der Waals surface area contributed by atoms with E-state index in [4.69, 9.17) is 0 Å². The van der Waals surface area contributed by atoms with Crippen LogP contribution in [0.15, 0.2) is 0 Å². The van der Waals surface area contributed by atoms with Crippen molar-refractivity contribution < 1.29 is 9.59 Å². The Balaban J connectivity index is 0.00000169. The van der Waals surface area contributed by atoms with Crippen LogP contribution in [0.5, 0.6) is 0 Å². The van der Waals surface area contributed by atoms with Crippen molar-refractivity contribution in [3.05, 3.63) is 0 Å². The van der Waals surface area contributed by atoms with Gasteiger partial charge in [-0.15, -0.1) is 12.4 Å². The van der Waals surface area contributed by atoms with E-state index in [1.165, 1.54) is 12.8 Å². The van der Waals surface area contributed by atoms with E-state index in [1.54, 1.807) is 0 Å². The summed E-state index contributed by atoms with van der Waals surface area (Å²) in [6.45, 7) is 4.42. The number of hydrogen-bond donors (Lipinski definition) is 2. The lowest BCUT2D eigenvalue weighted by Crippen LogP contribution is -2.47. The second-order valence-electron chi connectivity index (χ2n) is 8.18. The van der Waals surface area contributed by atoms with E-state index in [1.807, 2.05) is 4.90 Å². The summed E-state index contributed by atoms with van der Waals surface area (Å²) in [5.74, 6) is 1.45. The van der Waals surface area contributed by atoms with Gasteiger partial charge in [-0.1, -0.05) is 0 Å². The lowest BCUT2D eigenvalue weighted by Gasteiger charge is -2.33. The van der Waals surface area contributed by atoms with Crippen LogP contribution in [0, 0.1) is 23.2 Å². The van der Waals surface area contributed by atoms with Crippen molar-refractivity contribution in [2.45, 2.75) is 44.9 Å². The number of likely N-dealkylation sites (tertiary alicyclic amines) is 1. The Bertz CT molecular complexity index is 489. The molecular formula is C18H30ClN3O2. The predicted molar refractivity (Wildman–Crippen MR) is 94.9 cm³/mol. The van der Waals surface area contributed by atoms with Crippen molar-refractivity contribution in [3.8, 4) is 0 Å². The number of piperidine rings is 2. The standard InChI is InChI=1S/C18H29N3O2.ClH/c22-16(20-11-13-3-4-13)14-2-1-9-21(12-14)17(23)15-10-18(15)5-7-19-8-6-18;/h13-15,19H,1-12H2,(H,20,22);1H. The Kier molecular flexibility index (Phi) is 5.40. The SMILES string of the molecule is Cl.O=C(NCC1CC1)C1CCCN(C(=O)C2CC23CCNCC3)C1. The van der Waals surface area contributed by atoms with Crippen molar-refractivity contribution in [2.75, 3.05) is 32.7 Å². The molecule has 0 aromatic heterocycles. The van der Waals surface area contributed by atoms with E-state index in [0.717, 1.165) is 58.3 Å². The third kappa shape index (κ3) is 3.72. The maximum absolute atomic E-state index is 12.9. The number of nitrogens with zero attached hydrogens (tertiary/aromatic N) is 1. The van der Waals surface area contributed by atoms with E-state index in [2.05, 4.69) is 10.6 Å². The van der Waals surface area contributed by atoms with Gasteiger partial charge < -0.3 is 15.5 Å². The van der Waals surface area contributed by atoms with Crippen LogP contribution in [0.3, 0.4) is 0 Å². The maximum atomic E-state index is 12.9. The highest BCUT2D eigenvalue weighted by Crippen LogP contribution is 2.59. The van der Waals surface area contributed by atoms with Crippen LogP contribution in [0.1, 0.15) is 44.9 Å². The molecule has 2 N–H and O–H groups in total. The monoisotopic (exact) mass is 355 g/mol. The van der Waals surface area contributed by atoms with Gasteiger partial charge in [0.15, 0.2) is 0 Å². The normalized spacial score (nSPS) is 31.2. The Morgan fingerprint density at radius 3 is 2.62 bits per heavy atom. The lowest BCUT2D eigenvalue weighted by molar-refractivity contribution is -0.137. The summed E-state index contributed by atoms with van der Waals surface area (Å²) >= 11 is 0. The number of carbonyl (C=O) groups is 2. The van der Waals surface area contributed by atoms with E-state index in [9.17, 15) is 9.59 Å². The van der Waals surface area contributed by atoms with Gasteiger partial charge in [0.25, 0.3) is 0 Å². The molecule has 2 aliphatic carbocycles. The smallest absolute Gasteiger partial charge is 0.226 e. The number of carbonyl (C=O) groups excluding carboxylic acids is 2. The number of rotatable bonds is 4. The number of halogens is 1. The van der Waals surface area contributed by atoms with Gasteiger partial charge in [-0.25, -0.2) is 0 Å². The van der Waals surface area contributed by atoms with Gasteiger partial charge in [0, 0.05) is 25.6 Å². The van der Waals surface area contributed by atoms with E-state index in [0.29, 0.717) is 23.8 Å². The fourth-order valence-corrected chi connectivity index (χ4v) is 4.50. The molecule has 0 radical (unpaired) electrons. The average Bonchev–Trinajstić information content (AvgIpc) is 3.50. The predicted octanol–water partition coefficient (Wildman–Crippen LogP) is 1.56. The molecule has 2 amide bonds. The fourth-order valence-electron chi connectivity index (χ4n) is 4.50. The van der Waals surface area contributed by atoms with Crippen LogP contribution >= 0.6 is 12.4 Å². The van der Waals surface area contributed by atoms with Crippen LogP contribution < -0.4 is 10.6 Å². The number of hydrogen-bond acceptors (Lipinski definition) is 3. The quantitative estimate of drug-likeness (QED) is 0.804. The van der Waals surface area contributed by atoms with E-state index < -0.39 is 0 Å². The Morgan fingerprint density at radius 1 is 1.17 bits per heavy atom. The molecule has 2 atom stereocenters. The molecule has 1 spiro atoms. The molecule has 4 rings (SSSR count). The van der Waals surface area contributed by atoms with Gasteiger partial charge in [0.2, 0.25) is 11.8 Å². The number of amides is 2. The van der Waals surface area contributed by atoms with Gasteiger partial charge in [0.1, 0.15) is 0 Å².